The van der Waals surface area contributed by atoms with Crippen molar-refractivity contribution >= 4 is 36.9 Å². The predicted octanol–water partition coefficient (Wildman–Crippen LogP) is 2.73. The van der Waals surface area contributed by atoms with Crippen LogP contribution in [0, 0.1) is 0 Å². The molecule has 0 radical (unpaired) electrons. The van der Waals surface area contributed by atoms with E-state index in [0.717, 1.165) is 11.3 Å². The number of anilines is 1. The second kappa shape index (κ2) is 5.78. The van der Waals surface area contributed by atoms with E-state index >= 15 is 0 Å². The van der Waals surface area contributed by atoms with Crippen molar-refractivity contribution in [3.05, 3.63) is 41.8 Å². The van der Waals surface area contributed by atoms with Gasteiger partial charge in [0, 0.05) is 5.69 Å². The third-order valence-electron chi connectivity index (χ3n) is 2.82. The van der Waals surface area contributed by atoms with Crippen molar-refractivity contribution in [2.75, 3.05) is 4.72 Å². The molecule has 5 nitrogen and oxygen atoms in total. The lowest BCUT2D eigenvalue weighted by Gasteiger charge is -2.09. The molecule has 0 saturated heterocycles. The maximum absolute atomic E-state index is 12.0. The molecule has 2 aromatic rings. The van der Waals surface area contributed by atoms with E-state index in [1.165, 1.54) is 30.3 Å². The summed E-state index contributed by atoms with van der Waals surface area (Å²) in [4.78, 5) is 0.177. The minimum Gasteiger partial charge on any atom is -0.279 e. The van der Waals surface area contributed by atoms with E-state index in [9.17, 15) is 16.8 Å². The van der Waals surface area contributed by atoms with Crippen molar-refractivity contribution in [1.82, 2.24) is 0 Å². The number of sulfonamides is 1. The molecule has 0 aliphatic rings. The number of hydrogen-bond donors (Lipinski definition) is 1. The maximum Gasteiger partial charge on any atom is 0.271 e. The summed E-state index contributed by atoms with van der Waals surface area (Å²) in [6, 6.07) is 8.85. The van der Waals surface area contributed by atoms with Gasteiger partial charge in [0.05, 0.1) is 10.1 Å². The summed E-state index contributed by atoms with van der Waals surface area (Å²) in [6.45, 7) is 3.20. The van der Waals surface area contributed by atoms with Gasteiger partial charge in [-0.1, -0.05) is 6.07 Å². The van der Waals surface area contributed by atoms with Crippen molar-refractivity contribution in [3.8, 4) is 0 Å². The number of rotatable bonds is 5. The molecule has 21 heavy (non-hydrogen) atoms. The van der Waals surface area contributed by atoms with Gasteiger partial charge in [0.25, 0.3) is 10.0 Å². The van der Waals surface area contributed by atoms with Crippen LogP contribution in [0.3, 0.4) is 0 Å². The van der Waals surface area contributed by atoms with Gasteiger partial charge < -0.3 is 0 Å². The van der Waals surface area contributed by atoms with Crippen molar-refractivity contribution in [2.24, 2.45) is 0 Å². The van der Waals surface area contributed by atoms with Crippen LogP contribution >= 0.6 is 11.3 Å². The molecule has 0 atom stereocenters. The largest absolute Gasteiger partial charge is 0.279 e. The highest BCUT2D eigenvalue weighted by Gasteiger charge is 2.20. The van der Waals surface area contributed by atoms with Crippen LogP contribution in [0.15, 0.2) is 50.9 Å². The van der Waals surface area contributed by atoms with Gasteiger partial charge >= 0.3 is 0 Å². The van der Waals surface area contributed by atoms with Crippen molar-refractivity contribution in [1.29, 1.82) is 0 Å². The van der Waals surface area contributed by atoms with E-state index in [-0.39, 0.29) is 9.10 Å². The van der Waals surface area contributed by atoms with Gasteiger partial charge in [-0.05, 0) is 49.6 Å². The van der Waals surface area contributed by atoms with Crippen LogP contribution in [-0.4, -0.2) is 22.1 Å². The molecule has 0 amide bonds. The highest BCUT2D eigenvalue weighted by Crippen LogP contribution is 2.22. The van der Waals surface area contributed by atoms with Gasteiger partial charge in [-0.15, -0.1) is 11.3 Å². The first-order valence-corrected chi connectivity index (χ1v) is 10.0. The standard InChI is InChI=1S/C13H15NO4S3/c1-10(2)20(15,16)12-7-5-11(6-8-12)14-21(17,18)13-4-3-9-19-13/h3-10,14H,1-2H3. The molecular weight excluding hydrogens is 330 g/mol. The quantitative estimate of drug-likeness (QED) is 0.903. The lowest BCUT2D eigenvalue weighted by molar-refractivity contribution is 0.587. The Kier molecular flexibility index (Phi) is 4.40. The van der Waals surface area contributed by atoms with Crippen LogP contribution in [0.25, 0.3) is 0 Å². The molecule has 114 valence electrons. The summed E-state index contributed by atoms with van der Waals surface area (Å²) in [6.07, 6.45) is 0. The Labute approximate surface area is 128 Å². The van der Waals surface area contributed by atoms with Gasteiger partial charge in [0.15, 0.2) is 9.84 Å². The Morgan fingerprint density at radius 3 is 2.10 bits per heavy atom. The van der Waals surface area contributed by atoms with Crippen LogP contribution in [0.4, 0.5) is 5.69 Å². The molecule has 0 unspecified atom stereocenters. The van der Waals surface area contributed by atoms with E-state index in [1.54, 1.807) is 25.3 Å². The Hall–Kier alpha value is -1.38. The molecule has 1 aromatic heterocycles. The molecule has 0 aliphatic heterocycles. The molecule has 0 fully saturated rings. The molecule has 1 N–H and O–H groups in total. The minimum absolute atomic E-state index is 0.177. The van der Waals surface area contributed by atoms with Gasteiger partial charge in [0.1, 0.15) is 4.21 Å². The Balaban J connectivity index is 2.25. The predicted molar refractivity (Wildman–Crippen MR) is 83.9 cm³/mol. The summed E-state index contributed by atoms with van der Waals surface area (Å²) in [5.74, 6) is 0. The summed E-state index contributed by atoms with van der Waals surface area (Å²) in [5.41, 5.74) is 0.325. The van der Waals surface area contributed by atoms with Gasteiger partial charge in [-0.3, -0.25) is 4.72 Å². The number of sulfone groups is 1. The number of hydrogen-bond acceptors (Lipinski definition) is 5. The van der Waals surface area contributed by atoms with E-state index < -0.39 is 25.1 Å². The fourth-order valence-corrected chi connectivity index (χ4v) is 4.72. The Morgan fingerprint density at radius 1 is 1.00 bits per heavy atom. The first kappa shape index (κ1) is 16.0. The second-order valence-electron chi connectivity index (χ2n) is 4.66. The summed E-state index contributed by atoms with van der Waals surface area (Å²) in [5, 5.41) is 1.15. The molecule has 0 bridgehead atoms. The smallest absolute Gasteiger partial charge is 0.271 e. The van der Waals surface area contributed by atoms with Crippen molar-refractivity contribution in [2.45, 2.75) is 28.2 Å². The van der Waals surface area contributed by atoms with Gasteiger partial charge in [-0.2, -0.15) is 0 Å². The molecule has 8 heteroatoms. The van der Waals surface area contributed by atoms with E-state index in [0.29, 0.717) is 5.69 Å². The van der Waals surface area contributed by atoms with E-state index in [1.807, 2.05) is 0 Å². The molecular formula is C13H15NO4S3. The molecule has 0 saturated carbocycles. The fraction of sp³-hybridized carbons (Fsp3) is 0.231. The summed E-state index contributed by atoms with van der Waals surface area (Å²) in [7, 11) is -6.97. The number of nitrogens with one attached hydrogen (secondary N) is 1. The third kappa shape index (κ3) is 3.45. The first-order valence-electron chi connectivity index (χ1n) is 6.14. The highest BCUT2D eigenvalue weighted by atomic mass is 32.2. The highest BCUT2D eigenvalue weighted by molar-refractivity contribution is 7.94. The van der Waals surface area contributed by atoms with Gasteiger partial charge in [0.2, 0.25) is 0 Å². The molecule has 0 spiro atoms. The second-order valence-corrected chi connectivity index (χ2v) is 10.0. The topological polar surface area (TPSA) is 80.3 Å². The third-order valence-corrected chi connectivity index (χ3v) is 7.76. The number of thiophene rings is 1. The van der Waals surface area contributed by atoms with Crippen LogP contribution in [0.5, 0.6) is 0 Å². The maximum atomic E-state index is 12.0. The molecule has 1 aromatic carbocycles. The first-order chi connectivity index (χ1) is 9.73. The monoisotopic (exact) mass is 345 g/mol. The Morgan fingerprint density at radius 2 is 1.62 bits per heavy atom. The average Bonchev–Trinajstić information content (AvgIpc) is 2.93. The zero-order valence-electron chi connectivity index (χ0n) is 11.5. The lowest BCUT2D eigenvalue weighted by Crippen LogP contribution is -2.14. The zero-order valence-corrected chi connectivity index (χ0v) is 13.9. The molecule has 2 rings (SSSR count). The SMILES string of the molecule is CC(C)S(=O)(=O)c1ccc(NS(=O)(=O)c2cccs2)cc1. The van der Waals surface area contributed by atoms with Crippen molar-refractivity contribution < 1.29 is 16.8 Å². The number of benzene rings is 1. The fourth-order valence-electron chi connectivity index (χ4n) is 1.61. The van der Waals surface area contributed by atoms with Crippen LogP contribution in [-0.2, 0) is 19.9 Å². The van der Waals surface area contributed by atoms with Crippen molar-refractivity contribution in [3.63, 3.8) is 0 Å². The van der Waals surface area contributed by atoms with E-state index in [4.69, 9.17) is 0 Å². The molecule has 1 heterocycles. The van der Waals surface area contributed by atoms with Crippen LogP contribution in [0.2, 0.25) is 0 Å². The minimum atomic E-state index is -3.62. The zero-order chi connectivity index (χ0) is 15.7. The van der Waals surface area contributed by atoms with Crippen LogP contribution in [0.1, 0.15) is 13.8 Å². The normalized spacial score (nSPS) is 12.5. The van der Waals surface area contributed by atoms with Crippen LogP contribution < -0.4 is 4.72 Å². The Bertz CT molecular complexity index is 805. The average molecular weight is 345 g/mol. The van der Waals surface area contributed by atoms with E-state index in [2.05, 4.69) is 4.72 Å². The molecule has 0 aliphatic carbocycles. The lowest BCUT2D eigenvalue weighted by atomic mass is 10.3. The summed E-state index contributed by atoms with van der Waals surface area (Å²) >= 11 is 1.11. The summed E-state index contributed by atoms with van der Waals surface area (Å²) < 4.78 is 50.7. The van der Waals surface area contributed by atoms with Gasteiger partial charge in [-0.25, -0.2) is 16.8 Å².